The van der Waals surface area contributed by atoms with E-state index in [1.54, 1.807) is 11.2 Å². The Hall–Kier alpha value is -2.25. The molecule has 8 heteroatoms. The van der Waals surface area contributed by atoms with Crippen LogP contribution in [-0.4, -0.2) is 66.8 Å². The number of ether oxygens (including phenoxy) is 1. The zero-order valence-corrected chi connectivity index (χ0v) is 13.6. The van der Waals surface area contributed by atoms with E-state index in [9.17, 15) is 4.79 Å². The highest BCUT2D eigenvalue weighted by atomic mass is 16.6. The predicted molar refractivity (Wildman–Crippen MR) is 88.7 cm³/mol. The van der Waals surface area contributed by atoms with Crippen LogP contribution in [0.5, 0.6) is 0 Å². The molecule has 2 N–H and O–H groups in total. The molecular formula is C15H24N6O2. The van der Waals surface area contributed by atoms with Crippen molar-refractivity contribution in [3.8, 4) is 0 Å². The summed E-state index contributed by atoms with van der Waals surface area (Å²) in [6.45, 7) is 6.82. The third kappa shape index (κ3) is 3.25. The molecule has 3 heterocycles. The van der Waals surface area contributed by atoms with Crippen LogP contribution in [0.1, 0.15) is 19.8 Å². The van der Waals surface area contributed by atoms with Gasteiger partial charge in [0.25, 0.3) is 0 Å². The Morgan fingerprint density at radius 1 is 1.09 bits per heavy atom. The number of amides is 1. The summed E-state index contributed by atoms with van der Waals surface area (Å²) in [6.07, 6.45) is 3.69. The average molecular weight is 320 g/mol. The minimum Gasteiger partial charge on any atom is -0.450 e. The molecule has 1 aromatic heterocycles. The van der Waals surface area contributed by atoms with E-state index >= 15 is 0 Å². The van der Waals surface area contributed by atoms with Gasteiger partial charge in [-0.2, -0.15) is 0 Å². The van der Waals surface area contributed by atoms with E-state index in [1.807, 2.05) is 6.92 Å². The highest BCUT2D eigenvalue weighted by Gasteiger charge is 2.26. The Labute approximate surface area is 136 Å². The number of hydrogen-bond donors (Lipinski definition) is 1. The molecule has 0 aliphatic carbocycles. The van der Waals surface area contributed by atoms with Gasteiger partial charge in [-0.3, -0.25) is 0 Å². The van der Waals surface area contributed by atoms with Gasteiger partial charge in [-0.15, -0.1) is 0 Å². The van der Waals surface area contributed by atoms with Gasteiger partial charge in [0.05, 0.1) is 6.61 Å². The lowest BCUT2D eigenvalue weighted by molar-refractivity contribution is 0.105. The summed E-state index contributed by atoms with van der Waals surface area (Å²) in [7, 11) is 0. The van der Waals surface area contributed by atoms with E-state index in [4.69, 9.17) is 10.5 Å². The van der Waals surface area contributed by atoms with Crippen LogP contribution in [0.3, 0.4) is 0 Å². The van der Waals surface area contributed by atoms with Crippen LogP contribution in [0.15, 0.2) is 6.33 Å². The molecular weight excluding hydrogens is 296 g/mol. The van der Waals surface area contributed by atoms with Crippen molar-refractivity contribution in [3.05, 3.63) is 6.33 Å². The van der Waals surface area contributed by atoms with Crippen molar-refractivity contribution in [1.82, 2.24) is 14.9 Å². The molecule has 2 saturated heterocycles. The average Bonchev–Trinajstić information content (AvgIpc) is 3.10. The third-order valence-electron chi connectivity index (χ3n) is 4.35. The van der Waals surface area contributed by atoms with Crippen LogP contribution in [-0.2, 0) is 4.74 Å². The minimum absolute atomic E-state index is 0.249. The van der Waals surface area contributed by atoms with Gasteiger partial charge in [-0.25, -0.2) is 14.8 Å². The highest BCUT2D eigenvalue weighted by Crippen LogP contribution is 2.31. The number of nitrogens with zero attached hydrogens (tertiary/aromatic N) is 5. The first-order valence-electron chi connectivity index (χ1n) is 8.22. The molecule has 1 amide bonds. The summed E-state index contributed by atoms with van der Waals surface area (Å²) in [5.41, 5.74) is 6.96. The number of rotatable bonds is 3. The lowest BCUT2D eigenvalue weighted by Gasteiger charge is -2.35. The number of piperazine rings is 1. The van der Waals surface area contributed by atoms with Crippen molar-refractivity contribution in [2.45, 2.75) is 19.8 Å². The van der Waals surface area contributed by atoms with Crippen LogP contribution < -0.4 is 15.5 Å². The van der Waals surface area contributed by atoms with E-state index in [0.29, 0.717) is 38.5 Å². The second-order valence-electron chi connectivity index (χ2n) is 5.80. The van der Waals surface area contributed by atoms with Gasteiger partial charge >= 0.3 is 6.09 Å². The van der Waals surface area contributed by atoms with Gasteiger partial charge < -0.3 is 25.2 Å². The number of anilines is 3. The summed E-state index contributed by atoms with van der Waals surface area (Å²) < 4.78 is 5.04. The second kappa shape index (κ2) is 6.89. The summed E-state index contributed by atoms with van der Waals surface area (Å²) in [5.74, 6) is 1.60. The zero-order valence-electron chi connectivity index (χ0n) is 13.6. The van der Waals surface area contributed by atoms with Crippen molar-refractivity contribution in [1.29, 1.82) is 0 Å². The maximum Gasteiger partial charge on any atom is 0.409 e. The van der Waals surface area contributed by atoms with Gasteiger partial charge in [0.1, 0.15) is 12.0 Å². The Balaban J connectivity index is 1.68. The summed E-state index contributed by atoms with van der Waals surface area (Å²) >= 11 is 0. The van der Waals surface area contributed by atoms with Crippen LogP contribution in [0.4, 0.5) is 22.1 Å². The number of nitrogen functional groups attached to an aromatic ring is 1. The molecule has 2 aliphatic heterocycles. The molecule has 8 nitrogen and oxygen atoms in total. The molecule has 0 saturated carbocycles. The van der Waals surface area contributed by atoms with E-state index in [2.05, 4.69) is 19.8 Å². The molecule has 126 valence electrons. The van der Waals surface area contributed by atoms with Gasteiger partial charge in [0.15, 0.2) is 11.6 Å². The third-order valence-corrected chi connectivity index (χ3v) is 4.35. The topological polar surface area (TPSA) is 87.8 Å². The molecule has 0 atom stereocenters. The molecule has 23 heavy (non-hydrogen) atoms. The second-order valence-corrected chi connectivity index (χ2v) is 5.80. The number of carbonyl (C=O) groups excluding carboxylic acids is 1. The quantitative estimate of drug-likeness (QED) is 0.886. The lowest BCUT2D eigenvalue weighted by atomic mass is 10.3. The van der Waals surface area contributed by atoms with E-state index in [0.717, 1.165) is 24.7 Å². The normalized spacial score (nSPS) is 18.4. The van der Waals surface area contributed by atoms with Gasteiger partial charge in [0.2, 0.25) is 0 Å². The summed E-state index contributed by atoms with van der Waals surface area (Å²) in [5, 5.41) is 0. The van der Waals surface area contributed by atoms with Crippen LogP contribution in [0.2, 0.25) is 0 Å². The minimum atomic E-state index is -0.249. The number of hydrogen-bond acceptors (Lipinski definition) is 7. The highest BCUT2D eigenvalue weighted by molar-refractivity contribution is 5.76. The van der Waals surface area contributed by atoms with Gasteiger partial charge in [0, 0.05) is 39.3 Å². The maximum atomic E-state index is 11.8. The molecule has 2 aliphatic rings. The Bertz CT molecular complexity index is 553. The largest absolute Gasteiger partial charge is 0.450 e. The lowest BCUT2D eigenvalue weighted by Crippen LogP contribution is -2.49. The standard InChI is InChI=1S/C15H24N6O2/c1-2-23-15(22)21-9-7-20(8-10-21)14-12(16)13(17-11-18-14)19-5-3-4-6-19/h11H,2-10,16H2,1H3. The Morgan fingerprint density at radius 3 is 2.22 bits per heavy atom. The first-order chi connectivity index (χ1) is 11.2. The Morgan fingerprint density at radius 2 is 1.65 bits per heavy atom. The van der Waals surface area contributed by atoms with E-state index in [1.165, 1.54) is 12.8 Å². The van der Waals surface area contributed by atoms with Crippen LogP contribution >= 0.6 is 0 Å². The van der Waals surface area contributed by atoms with Gasteiger partial charge in [-0.1, -0.05) is 0 Å². The van der Waals surface area contributed by atoms with E-state index in [-0.39, 0.29) is 6.09 Å². The fourth-order valence-corrected chi connectivity index (χ4v) is 3.13. The Kier molecular flexibility index (Phi) is 4.68. The summed E-state index contributed by atoms with van der Waals surface area (Å²) in [6, 6.07) is 0. The molecule has 0 aromatic carbocycles. The molecule has 0 spiro atoms. The fraction of sp³-hybridized carbons (Fsp3) is 0.667. The number of nitrogens with two attached hydrogens (primary N) is 1. The molecule has 0 radical (unpaired) electrons. The van der Waals surface area contributed by atoms with Crippen molar-refractivity contribution in [3.63, 3.8) is 0 Å². The maximum absolute atomic E-state index is 11.8. The number of aromatic nitrogens is 2. The van der Waals surface area contributed by atoms with E-state index < -0.39 is 0 Å². The first-order valence-corrected chi connectivity index (χ1v) is 8.22. The monoisotopic (exact) mass is 320 g/mol. The molecule has 0 unspecified atom stereocenters. The van der Waals surface area contributed by atoms with Crippen molar-refractivity contribution in [2.75, 3.05) is 61.4 Å². The number of carbonyl (C=O) groups is 1. The predicted octanol–water partition coefficient (Wildman–Crippen LogP) is 0.937. The fourth-order valence-electron chi connectivity index (χ4n) is 3.13. The van der Waals surface area contributed by atoms with Crippen molar-refractivity contribution >= 4 is 23.4 Å². The zero-order chi connectivity index (χ0) is 16.2. The van der Waals surface area contributed by atoms with Crippen molar-refractivity contribution in [2.24, 2.45) is 0 Å². The molecule has 2 fully saturated rings. The van der Waals surface area contributed by atoms with Crippen molar-refractivity contribution < 1.29 is 9.53 Å². The molecule has 3 rings (SSSR count). The van der Waals surface area contributed by atoms with Crippen LogP contribution in [0.25, 0.3) is 0 Å². The SMILES string of the molecule is CCOC(=O)N1CCN(c2ncnc(N3CCCC3)c2N)CC1. The molecule has 1 aromatic rings. The molecule has 0 bridgehead atoms. The summed E-state index contributed by atoms with van der Waals surface area (Å²) in [4.78, 5) is 26.6. The first kappa shape index (κ1) is 15.6. The van der Waals surface area contributed by atoms with Crippen LogP contribution in [0, 0.1) is 0 Å². The van der Waals surface area contributed by atoms with Gasteiger partial charge in [-0.05, 0) is 19.8 Å². The smallest absolute Gasteiger partial charge is 0.409 e.